The van der Waals surface area contributed by atoms with Crippen LogP contribution in [0.15, 0.2) is 36.4 Å². The van der Waals surface area contributed by atoms with Gasteiger partial charge >= 0.3 is 0 Å². The predicted octanol–water partition coefficient (Wildman–Crippen LogP) is 4.88. The fourth-order valence-corrected chi connectivity index (χ4v) is 1.85. The summed E-state index contributed by atoms with van der Waals surface area (Å²) < 4.78 is 26.5. The zero-order chi connectivity index (χ0) is 13.1. The van der Waals surface area contributed by atoms with Crippen LogP contribution < -0.4 is 5.32 Å². The van der Waals surface area contributed by atoms with Crippen LogP contribution >= 0.6 is 23.2 Å². The van der Waals surface area contributed by atoms with E-state index in [1.54, 1.807) is 6.07 Å². The molecule has 1 N–H and O–H groups in total. The molecule has 0 saturated heterocycles. The zero-order valence-electron chi connectivity index (χ0n) is 9.18. The quantitative estimate of drug-likeness (QED) is 0.848. The number of hydrogen-bond acceptors (Lipinski definition) is 1. The van der Waals surface area contributed by atoms with Gasteiger partial charge in [0.05, 0.1) is 5.69 Å². The van der Waals surface area contributed by atoms with Crippen LogP contribution in [0, 0.1) is 11.6 Å². The van der Waals surface area contributed by atoms with Crippen molar-refractivity contribution in [1.82, 2.24) is 0 Å². The second-order valence-corrected chi connectivity index (χ2v) is 4.56. The molecule has 94 valence electrons. The van der Waals surface area contributed by atoms with Crippen molar-refractivity contribution in [3.63, 3.8) is 0 Å². The third-order valence-corrected chi connectivity index (χ3v) is 3.01. The van der Waals surface area contributed by atoms with E-state index >= 15 is 0 Å². The van der Waals surface area contributed by atoms with Crippen molar-refractivity contribution in [2.24, 2.45) is 0 Å². The number of benzene rings is 2. The van der Waals surface area contributed by atoms with Crippen LogP contribution in [-0.4, -0.2) is 0 Å². The third kappa shape index (κ3) is 3.12. The molecule has 0 aromatic heterocycles. The van der Waals surface area contributed by atoms with Gasteiger partial charge in [0.15, 0.2) is 0 Å². The zero-order valence-corrected chi connectivity index (χ0v) is 10.7. The Kier molecular flexibility index (Phi) is 4.04. The monoisotopic (exact) mass is 287 g/mol. The largest absolute Gasteiger partial charge is 0.379 e. The molecule has 0 radical (unpaired) electrons. The maximum atomic E-state index is 13.5. The summed E-state index contributed by atoms with van der Waals surface area (Å²) in [6, 6.07) is 8.34. The predicted molar refractivity (Wildman–Crippen MR) is 70.1 cm³/mol. The van der Waals surface area contributed by atoms with E-state index < -0.39 is 5.82 Å². The standard InChI is InChI=1S/C13H9Cl2F2N/c14-9-1-4-13(12(17)6-9)18-7-8-5-10(16)2-3-11(8)15/h1-6,18H,7H2. The van der Waals surface area contributed by atoms with Gasteiger partial charge in [0.1, 0.15) is 11.6 Å². The molecule has 0 amide bonds. The van der Waals surface area contributed by atoms with E-state index in [1.165, 1.54) is 30.3 Å². The van der Waals surface area contributed by atoms with Crippen molar-refractivity contribution in [1.29, 1.82) is 0 Å². The SMILES string of the molecule is Fc1ccc(Cl)c(CNc2ccc(Cl)cc2F)c1. The lowest BCUT2D eigenvalue weighted by molar-refractivity contribution is 0.625. The summed E-state index contributed by atoms with van der Waals surface area (Å²) in [6.45, 7) is 0.231. The summed E-state index contributed by atoms with van der Waals surface area (Å²) in [6.07, 6.45) is 0. The van der Waals surface area contributed by atoms with Gasteiger partial charge in [-0.15, -0.1) is 0 Å². The molecule has 5 heteroatoms. The number of nitrogens with one attached hydrogen (secondary N) is 1. The molecule has 2 rings (SSSR count). The van der Waals surface area contributed by atoms with E-state index in [9.17, 15) is 8.78 Å². The van der Waals surface area contributed by atoms with Gasteiger partial charge in [0.25, 0.3) is 0 Å². The minimum Gasteiger partial charge on any atom is -0.379 e. The molecule has 1 nitrogen and oxygen atoms in total. The molecule has 2 aromatic rings. The van der Waals surface area contributed by atoms with Crippen LogP contribution in [0.25, 0.3) is 0 Å². The maximum Gasteiger partial charge on any atom is 0.147 e. The van der Waals surface area contributed by atoms with Crippen molar-refractivity contribution >= 4 is 28.9 Å². The fourth-order valence-electron chi connectivity index (χ4n) is 1.50. The van der Waals surface area contributed by atoms with E-state index in [4.69, 9.17) is 23.2 Å². The lowest BCUT2D eigenvalue weighted by atomic mass is 10.2. The van der Waals surface area contributed by atoms with E-state index in [2.05, 4.69) is 5.32 Å². The van der Waals surface area contributed by atoms with Gasteiger partial charge in [-0.1, -0.05) is 23.2 Å². The lowest BCUT2D eigenvalue weighted by Gasteiger charge is -2.09. The summed E-state index contributed by atoms with van der Waals surface area (Å²) in [5.74, 6) is -0.845. The minimum absolute atomic E-state index is 0.231. The van der Waals surface area contributed by atoms with Crippen LogP contribution in [0.4, 0.5) is 14.5 Å². The fraction of sp³-hybridized carbons (Fsp3) is 0.0769. The molecule has 0 heterocycles. The van der Waals surface area contributed by atoms with Crippen LogP contribution in [-0.2, 0) is 6.54 Å². The molecule has 18 heavy (non-hydrogen) atoms. The first kappa shape index (κ1) is 13.1. The van der Waals surface area contributed by atoms with Crippen molar-refractivity contribution < 1.29 is 8.78 Å². The van der Waals surface area contributed by atoms with Crippen LogP contribution in [0.1, 0.15) is 5.56 Å². The smallest absolute Gasteiger partial charge is 0.147 e. The van der Waals surface area contributed by atoms with Gasteiger partial charge in [-0.2, -0.15) is 0 Å². The second kappa shape index (κ2) is 5.55. The van der Waals surface area contributed by atoms with E-state index in [0.29, 0.717) is 21.3 Å². The summed E-state index contributed by atoms with van der Waals surface area (Å²) in [5.41, 5.74) is 0.853. The molecule has 0 bridgehead atoms. The number of rotatable bonds is 3. The highest BCUT2D eigenvalue weighted by Crippen LogP contribution is 2.22. The third-order valence-electron chi connectivity index (χ3n) is 2.41. The van der Waals surface area contributed by atoms with Crippen molar-refractivity contribution in [3.05, 3.63) is 63.6 Å². The molecule has 0 aliphatic rings. The first-order valence-electron chi connectivity index (χ1n) is 5.19. The lowest BCUT2D eigenvalue weighted by Crippen LogP contribution is -2.02. The van der Waals surface area contributed by atoms with Gasteiger partial charge in [-0.05, 0) is 42.0 Å². The molecule has 0 spiro atoms. The Morgan fingerprint density at radius 2 is 1.78 bits per heavy atom. The second-order valence-electron chi connectivity index (χ2n) is 3.71. The highest BCUT2D eigenvalue weighted by Gasteiger charge is 2.05. The van der Waals surface area contributed by atoms with Gasteiger partial charge in [-0.3, -0.25) is 0 Å². The Morgan fingerprint density at radius 3 is 2.50 bits per heavy atom. The Bertz CT molecular complexity index is 573. The average Bonchev–Trinajstić information content (AvgIpc) is 2.32. The molecule has 0 fully saturated rings. The van der Waals surface area contributed by atoms with Gasteiger partial charge in [0.2, 0.25) is 0 Å². The minimum atomic E-state index is -0.463. The Hall–Kier alpha value is -1.32. The first-order valence-corrected chi connectivity index (χ1v) is 5.95. The number of hydrogen-bond donors (Lipinski definition) is 1. The topological polar surface area (TPSA) is 12.0 Å². The van der Waals surface area contributed by atoms with Gasteiger partial charge < -0.3 is 5.32 Å². The summed E-state index contributed by atoms with van der Waals surface area (Å²) in [7, 11) is 0. The first-order chi connectivity index (χ1) is 8.56. The Balaban J connectivity index is 2.13. The highest BCUT2D eigenvalue weighted by molar-refractivity contribution is 6.31. The summed E-state index contributed by atoms with van der Waals surface area (Å²) >= 11 is 11.5. The molecule has 0 atom stereocenters. The number of anilines is 1. The van der Waals surface area contributed by atoms with Crippen molar-refractivity contribution in [3.8, 4) is 0 Å². The Morgan fingerprint density at radius 1 is 1.00 bits per heavy atom. The van der Waals surface area contributed by atoms with E-state index in [1.807, 2.05) is 0 Å². The molecule has 0 unspecified atom stereocenters. The molecular weight excluding hydrogens is 279 g/mol. The normalized spacial score (nSPS) is 10.4. The summed E-state index contributed by atoms with van der Waals surface area (Å²) in [5, 5.41) is 3.59. The van der Waals surface area contributed by atoms with Crippen molar-refractivity contribution in [2.45, 2.75) is 6.54 Å². The van der Waals surface area contributed by atoms with Crippen LogP contribution in [0.2, 0.25) is 10.0 Å². The molecule has 0 saturated carbocycles. The number of halogens is 4. The molecular formula is C13H9Cl2F2N. The summed E-state index contributed by atoms with van der Waals surface area (Å²) in [4.78, 5) is 0. The van der Waals surface area contributed by atoms with Crippen LogP contribution in [0.3, 0.4) is 0 Å². The Labute approximate surface area is 113 Å². The highest BCUT2D eigenvalue weighted by atomic mass is 35.5. The molecule has 2 aromatic carbocycles. The van der Waals surface area contributed by atoms with Crippen molar-refractivity contribution in [2.75, 3.05) is 5.32 Å². The molecule has 0 aliphatic heterocycles. The molecule has 0 aliphatic carbocycles. The van der Waals surface area contributed by atoms with E-state index in [0.717, 1.165) is 0 Å². The van der Waals surface area contributed by atoms with E-state index in [-0.39, 0.29) is 12.4 Å². The average molecular weight is 288 g/mol. The van der Waals surface area contributed by atoms with Gasteiger partial charge in [-0.25, -0.2) is 8.78 Å². The van der Waals surface area contributed by atoms with Crippen LogP contribution in [0.5, 0.6) is 0 Å². The maximum absolute atomic E-state index is 13.5. The van der Waals surface area contributed by atoms with Gasteiger partial charge in [0, 0.05) is 16.6 Å².